The van der Waals surface area contributed by atoms with Crippen molar-refractivity contribution in [2.45, 2.75) is 11.3 Å². The number of hydrogen-bond donors (Lipinski definition) is 1. The van der Waals surface area contributed by atoms with E-state index in [0.717, 1.165) is 34.0 Å². The van der Waals surface area contributed by atoms with Crippen molar-refractivity contribution in [1.29, 1.82) is 0 Å². The monoisotopic (exact) mass is 446 g/mol. The highest BCUT2D eigenvalue weighted by Crippen LogP contribution is 2.26. The molecule has 0 spiro atoms. The predicted octanol–water partition coefficient (Wildman–Crippen LogP) is 5.69. The Hall–Kier alpha value is -3.15. The molecule has 1 heterocycles. The highest BCUT2D eigenvalue weighted by Gasteiger charge is 2.18. The van der Waals surface area contributed by atoms with Crippen LogP contribution in [-0.4, -0.2) is 20.7 Å². The van der Waals surface area contributed by atoms with Gasteiger partial charge in [-0.3, -0.25) is 9.71 Å². The molecule has 4 aromatic carbocycles. The number of rotatable bonds is 4. The van der Waals surface area contributed by atoms with Crippen LogP contribution in [0.3, 0.4) is 0 Å². The van der Waals surface area contributed by atoms with Crippen LogP contribution in [0, 0.1) is 0 Å². The molecule has 0 aliphatic carbocycles. The van der Waals surface area contributed by atoms with Crippen LogP contribution in [0.15, 0.2) is 94.8 Å². The summed E-state index contributed by atoms with van der Waals surface area (Å²) in [5.41, 5.74) is 4.35. The minimum Gasteiger partial charge on any atom is -0.284 e. The van der Waals surface area contributed by atoms with E-state index in [1.807, 2.05) is 66.7 Å². The van der Waals surface area contributed by atoms with Gasteiger partial charge in [0.2, 0.25) is 0 Å². The standard InChI is InChI=1S/C25H19ClN2O2S/c26-21-10-8-18-12-13-27-25(24(18)16-21)20-6-3-7-22(14-20)28-31(29,30)23-11-9-17-4-1-2-5-19(17)15-23/h1-11,14-16,28H,12-13H2. The Morgan fingerprint density at radius 2 is 1.68 bits per heavy atom. The highest BCUT2D eigenvalue weighted by molar-refractivity contribution is 7.92. The molecule has 0 atom stereocenters. The van der Waals surface area contributed by atoms with Gasteiger partial charge in [-0.05, 0) is 59.2 Å². The maximum atomic E-state index is 13.0. The lowest BCUT2D eigenvalue weighted by molar-refractivity contribution is 0.601. The van der Waals surface area contributed by atoms with Gasteiger partial charge < -0.3 is 0 Å². The third-order valence-corrected chi connectivity index (χ3v) is 7.01. The van der Waals surface area contributed by atoms with Gasteiger partial charge >= 0.3 is 0 Å². The largest absolute Gasteiger partial charge is 0.284 e. The average molecular weight is 447 g/mol. The Balaban J connectivity index is 1.48. The molecule has 4 nitrogen and oxygen atoms in total. The van der Waals surface area contributed by atoms with Crippen molar-refractivity contribution >= 4 is 43.8 Å². The van der Waals surface area contributed by atoms with Crippen LogP contribution in [0.25, 0.3) is 10.8 Å². The van der Waals surface area contributed by atoms with E-state index >= 15 is 0 Å². The lowest BCUT2D eigenvalue weighted by atomic mass is 9.93. The first kappa shape index (κ1) is 19.8. The fourth-order valence-electron chi connectivity index (χ4n) is 3.89. The molecule has 0 bridgehead atoms. The van der Waals surface area contributed by atoms with Gasteiger partial charge in [-0.1, -0.05) is 60.1 Å². The second-order valence-electron chi connectivity index (χ2n) is 7.48. The summed E-state index contributed by atoms with van der Waals surface area (Å²) in [6, 6.07) is 26.0. The van der Waals surface area contributed by atoms with Crippen LogP contribution in [0.2, 0.25) is 5.02 Å². The number of nitrogens with one attached hydrogen (secondary N) is 1. The normalized spacial score (nSPS) is 13.5. The Morgan fingerprint density at radius 3 is 2.55 bits per heavy atom. The summed E-state index contributed by atoms with van der Waals surface area (Å²) >= 11 is 6.21. The third-order valence-electron chi connectivity index (χ3n) is 5.40. The lowest BCUT2D eigenvalue weighted by Crippen LogP contribution is -2.16. The molecular formula is C25H19ClN2O2S. The molecule has 0 saturated carbocycles. The average Bonchev–Trinajstić information content (AvgIpc) is 2.78. The number of fused-ring (bicyclic) bond motifs is 2. The first-order chi connectivity index (χ1) is 15.0. The van der Waals surface area contributed by atoms with Gasteiger partial charge in [0.15, 0.2) is 0 Å². The smallest absolute Gasteiger partial charge is 0.261 e. The van der Waals surface area contributed by atoms with Crippen molar-refractivity contribution in [3.05, 3.63) is 107 Å². The number of anilines is 1. The quantitative estimate of drug-likeness (QED) is 0.438. The Labute approximate surface area is 186 Å². The molecule has 0 saturated heterocycles. The number of aliphatic imine (C=N–C) groups is 1. The molecule has 6 heteroatoms. The van der Waals surface area contributed by atoms with Crippen LogP contribution >= 0.6 is 11.6 Å². The van der Waals surface area contributed by atoms with Crippen LogP contribution in [0.1, 0.15) is 16.7 Å². The summed E-state index contributed by atoms with van der Waals surface area (Å²) in [4.78, 5) is 4.92. The van der Waals surface area contributed by atoms with Crippen molar-refractivity contribution in [2.24, 2.45) is 4.99 Å². The van der Waals surface area contributed by atoms with Gasteiger partial charge in [-0.2, -0.15) is 0 Å². The zero-order chi connectivity index (χ0) is 21.4. The second-order valence-corrected chi connectivity index (χ2v) is 9.60. The molecule has 1 N–H and O–H groups in total. The van der Waals surface area contributed by atoms with E-state index in [1.165, 1.54) is 5.56 Å². The molecule has 0 amide bonds. The van der Waals surface area contributed by atoms with E-state index in [1.54, 1.807) is 18.2 Å². The predicted molar refractivity (Wildman–Crippen MR) is 127 cm³/mol. The minimum absolute atomic E-state index is 0.226. The van der Waals surface area contributed by atoms with E-state index in [4.69, 9.17) is 16.6 Å². The number of halogens is 1. The zero-order valence-electron chi connectivity index (χ0n) is 16.5. The summed E-state index contributed by atoms with van der Waals surface area (Å²) in [7, 11) is -3.73. The number of benzene rings is 4. The number of hydrogen-bond acceptors (Lipinski definition) is 3. The molecule has 1 aliphatic heterocycles. The van der Waals surface area contributed by atoms with E-state index in [0.29, 0.717) is 17.3 Å². The molecule has 31 heavy (non-hydrogen) atoms. The molecule has 5 rings (SSSR count). The van der Waals surface area contributed by atoms with Crippen molar-refractivity contribution in [3.63, 3.8) is 0 Å². The second kappa shape index (κ2) is 7.84. The first-order valence-corrected chi connectivity index (χ1v) is 11.8. The summed E-state index contributed by atoms with van der Waals surface area (Å²) < 4.78 is 28.7. The number of sulfonamides is 1. The number of nitrogens with zero attached hydrogens (tertiary/aromatic N) is 1. The molecule has 1 aliphatic rings. The fraction of sp³-hybridized carbons (Fsp3) is 0.0800. The molecule has 154 valence electrons. The molecule has 0 aromatic heterocycles. The van der Waals surface area contributed by atoms with Crippen LogP contribution in [-0.2, 0) is 16.4 Å². The zero-order valence-corrected chi connectivity index (χ0v) is 18.1. The summed E-state index contributed by atoms with van der Waals surface area (Å²) in [6.45, 7) is 0.691. The molecule has 0 radical (unpaired) electrons. The SMILES string of the molecule is O=S(=O)(Nc1cccc(C2=NCCc3ccc(Cl)cc32)c1)c1ccc2ccccc2c1. The van der Waals surface area contributed by atoms with E-state index in [9.17, 15) is 8.42 Å². The van der Waals surface area contributed by atoms with E-state index in [2.05, 4.69) is 4.72 Å². The van der Waals surface area contributed by atoms with Gasteiger partial charge in [0.1, 0.15) is 0 Å². The van der Waals surface area contributed by atoms with Crippen molar-refractivity contribution in [1.82, 2.24) is 0 Å². The topological polar surface area (TPSA) is 58.5 Å². The Kier molecular flexibility index (Phi) is 5.00. The first-order valence-electron chi connectivity index (χ1n) is 9.95. The van der Waals surface area contributed by atoms with Crippen molar-refractivity contribution < 1.29 is 8.42 Å². The minimum atomic E-state index is -3.73. The summed E-state index contributed by atoms with van der Waals surface area (Å²) in [5.74, 6) is 0. The highest BCUT2D eigenvalue weighted by atomic mass is 35.5. The summed E-state index contributed by atoms with van der Waals surface area (Å²) in [5, 5.41) is 2.53. The third kappa shape index (κ3) is 3.94. The van der Waals surface area contributed by atoms with E-state index in [-0.39, 0.29) is 4.90 Å². The molecule has 0 unspecified atom stereocenters. The summed E-state index contributed by atoms with van der Waals surface area (Å²) in [6.07, 6.45) is 0.865. The van der Waals surface area contributed by atoms with Gasteiger partial charge in [0.05, 0.1) is 10.6 Å². The Bertz CT molecular complexity index is 1450. The Morgan fingerprint density at radius 1 is 0.839 bits per heavy atom. The van der Waals surface area contributed by atoms with Gasteiger partial charge in [0, 0.05) is 28.4 Å². The van der Waals surface area contributed by atoms with Gasteiger partial charge in [-0.15, -0.1) is 0 Å². The van der Waals surface area contributed by atoms with Crippen molar-refractivity contribution in [2.75, 3.05) is 11.3 Å². The molecule has 4 aromatic rings. The van der Waals surface area contributed by atoms with Crippen molar-refractivity contribution in [3.8, 4) is 0 Å². The molecular weight excluding hydrogens is 428 g/mol. The van der Waals surface area contributed by atoms with Crippen LogP contribution in [0.5, 0.6) is 0 Å². The van der Waals surface area contributed by atoms with Gasteiger partial charge in [-0.25, -0.2) is 8.42 Å². The maximum Gasteiger partial charge on any atom is 0.261 e. The van der Waals surface area contributed by atoms with Crippen LogP contribution in [0.4, 0.5) is 5.69 Å². The van der Waals surface area contributed by atoms with Crippen LogP contribution < -0.4 is 4.72 Å². The van der Waals surface area contributed by atoms with Gasteiger partial charge in [0.25, 0.3) is 10.0 Å². The molecule has 0 fully saturated rings. The lowest BCUT2D eigenvalue weighted by Gasteiger charge is -2.18. The fourth-order valence-corrected chi connectivity index (χ4v) is 5.14. The maximum absolute atomic E-state index is 13.0. The van der Waals surface area contributed by atoms with E-state index < -0.39 is 10.0 Å².